The van der Waals surface area contributed by atoms with Crippen molar-refractivity contribution in [2.45, 2.75) is 24.7 Å². The number of H-pyrrole nitrogens is 1. The third kappa shape index (κ3) is 4.37. The molecule has 1 aliphatic rings. The van der Waals surface area contributed by atoms with Crippen molar-refractivity contribution < 1.29 is 22.7 Å². The second-order valence-electron chi connectivity index (χ2n) is 6.25. The van der Waals surface area contributed by atoms with Crippen LogP contribution < -0.4 is 5.32 Å². The molecular formula is C17H21N5O5S. The fourth-order valence-corrected chi connectivity index (χ4v) is 4.44. The number of amides is 1. The second-order valence-corrected chi connectivity index (χ2v) is 8.18. The number of hydrogen-bond donors (Lipinski definition) is 2. The number of rotatable bonds is 6. The van der Waals surface area contributed by atoms with E-state index in [2.05, 4.69) is 20.5 Å². The summed E-state index contributed by atoms with van der Waals surface area (Å²) < 4.78 is 31.9. The highest BCUT2D eigenvalue weighted by Gasteiger charge is 2.32. The zero-order valence-corrected chi connectivity index (χ0v) is 16.1. The molecule has 2 heterocycles. The summed E-state index contributed by atoms with van der Waals surface area (Å²) >= 11 is 0. The SMILES string of the molecule is CCOC(=O)c1ccc(S(=O)(=O)N2CCC(C(=O)Nc3ncn[nH]3)CC2)cc1. The first-order chi connectivity index (χ1) is 13.4. The molecule has 2 N–H and O–H groups in total. The van der Waals surface area contributed by atoms with Gasteiger partial charge in [-0.25, -0.2) is 18.3 Å². The maximum absolute atomic E-state index is 12.8. The first-order valence-corrected chi connectivity index (χ1v) is 10.3. The molecule has 0 radical (unpaired) electrons. The Kier molecular flexibility index (Phi) is 6.05. The molecule has 0 aliphatic carbocycles. The van der Waals surface area contributed by atoms with Crippen molar-refractivity contribution in [1.29, 1.82) is 0 Å². The van der Waals surface area contributed by atoms with Crippen molar-refractivity contribution in [3.63, 3.8) is 0 Å². The van der Waals surface area contributed by atoms with E-state index in [-0.39, 0.29) is 42.4 Å². The Morgan fingerprint density at radius 1 is 1.25 bits per heavy atom. The van der Waals surface area contributed by atoms with Gasteiger partial charge in [-0.15, -0.1) is 0 Å². The highest BCUT2D eigenvalue weighted by molar-refractivity contribution is 7.89. The van der Waals surface area contributed by atoms with Crippen molar-refractivity contribution in [3.8, 4) is 0 Å². The molecule has 10 nitrogen and oxygen atoms in total. The van der Waals surface area contributed by atoms with Gasteiger partial charge in [0.2, 0.25) is 21.9 Å². The lowest BCUT2D eigenvalue weighted by molar-refractivity contribution is -0.121. The molecule has 1 aromatic carbocycles. The Balaban J connectivity index is 1.61. The number of nitrogens with zero attached hydrogens (tertiary/aromatic N) is 3. The number of nitrogens with one attached hydrogen (secondary N) is 2. The fourth-order valence-electron chi connectivity index (χ4n) is 2.97. The van der Waals surface area contributed by atoms with E-state index in [0.717, 1.165) is 0 Å². The van der Waals surface area contributed by atoms with Gasteiger partial charge in [-0.3, -0.25) is 10.1 Å². The predicted octanol–water partition coefficient (Wildman–Crippen LogP) is 1.02. The molecule has 1 aromatic heterocycles. The van der Waals surface area contributed by atoms with Crippen LogP contribution in [-0.2, 0) is 19.6 Å². The number of ether oxygens (including phenoxy) is 1. The summed E-state index contributed by atoms with van der Waals surface area (Å²) in [5, 5.41) is 8.83. The molecule has 0 unspecified atom stereocenters. The van der Waals surface area contributed by atoms with Crippen molar-refractivity contribution in [2.24, 2.45) is 5.92 Å². The third-order valence-corrected chi connectivity index (χ3v) is 6.40. The number of aromatic amines is 1. The Hall–Kier alpha value is -2.79. The summed E-state index contributed by atoms with van der Waals surface area (Å²) in [6.45, 7) is 2.41. The zero-order valence-electron chi connectivity index (χ0n) is 15.3. The van der Waals surface area contributed by atoms with Gasteiger partial charge in [-0.2, -0.15) is 14.4 Å². The van der Waals surface area contributed by atoms with Gasteiger partial charge in [0.25, 0.3) is 0 Å². The van der Waals surface area contributed by atoms with Gasteiger partial charge in [-0.1, -0.05) is 0 Å². The van der Waals surface area contributed by atoms with Crippen molar-refractivity contribution in [2.75, 3.05) is 25.0 Å². The molecule has 0 bridgehead atoms. The van der Waals surface area contributed by atoms with Crippen LogP contribution in [0.5, 0.6) is 0 Å². The number of hydrogen-bond acceptors (Lipinski definition) is 7. The first kappa shape index (κ1) is 20.0. The minimum absolute atomic E-state index is 0.102. The van der Waals surface area contributed by atoms with E-state index >= 15 is 0 Å². The van der Waals surface area contributed by atoms with Gasteiger partial charge in [0.05, 0.1) is 17.1 Å². The molecule has 28 heavy (non-hydrogen) atoms. The Labute approximate surface area is 162 Å². The quantitative estimate of drug-likeness (QED) is 0.683. The summed E-state index contributed by atoms with van der Waals surface area (Å²) in [4.78, 5) is 27.9. The number of sulfonamides is 1. The summed E-state index contributed by atoms with van der Waals surface area (Å²) in [5.41, 5.74) is 0.295. The summed E-state index contributed by atoms with van der Waals surface area (Å²) in [7, 11) is -3.69. The molecule has 1 aliphatic heterocycles. The van der Waals surface area contributed by atoms with Gasteiger partial charge in [0.1, 0.15) is 6.33 Å². The lowest BCUT2D eigenvalue weighted by atomic mass is 9.97. The van der Waals surface area contributed by atoms with Crippen LogP contribution in [-0.4, -0.2) is 59.5 Å². The van der Waals surface area contributed by atoms with E-state index in [9.17, 15) is 18.0 Å². The molecule has 11 heteroatoms. The second kappa shape index (κ2) is 8.48. The molecular weight excluding hydrogens is 386 g/mol. The van der Waals surface area contributed by atoms with Gasteiger partial charge in [0.15, 0.2) is 0 Å². The Morgan fingerprint density at radius 2 is 1.93 bits per heavy atom. The van der Waals surface area contributed by atoms with Crippen LogP contribution in [0.3, 0.4) is 0 Å². The number of carbonyl (C=O) groups is 2. The lowest BCUT2D eigenvalue weighted by Crippen LogP contribution is -2.41. The van der Waals surface area contributed by atoms with Gasteiger partial charge >= 0.3 is 5.97 Å². The van der Waals surface area contributed by atoms with Crippen molar-refractivity contribution >= 4 is 27.8 Å². The standard InChI is InChI=1S/C17H21N5O5S/c1-2-27-16(24)13-3-5-14(6-4-13)28(25,26)22-9-7-12(8-10-22)15(23)20-17-18-11-19-21-17/h3-6,11-12H,2,7-10H2,1H3,(H2,18,19,20,21,23). The Morgan fingerprint density at radius 3 is 2.50 bits per heavy atom. The van der Waals surface area contributed by atoms with Crippen molar-refractivity contribution in [3.05, 3.63) is 36.2 Å². The van der Waals surface area contributed by atoms with Crippen LogP contribution in [0, 0.1) is 5.92 Å². The van der Waals surface area contributed by atoms with Crippen LogP contribution in [0.2, 0.25) is 0 Å². The minimum Gasteiger partial charge on any atom is -0.462 e. The zero-order chi connectivity index (χ0) is 20.1. The topological polar surface area (TPSA) is 134 Å². The maximum atomic E-state index is 12.8. The van der Waals surface area contributed by atoms with Crippen LogP contribution >= 0.6 is 0 Å². The third-order valence-electron chi connectivity index (χ3n) is 4.48. The fraction of sp³-hybridized carbons (Fsp3) is 0.412. The predicted molar refractivity (Wildman–Crippen MR) is 98.9 cm³/mol. The van der Waals surface area contributed by atoms with E-state index in [1.807, 2.05) is 0 Å². The van der Waals surface area contributed by atoms with Crippen molar-refractivity contribution in [1.82, 2.24) is 19.5 Å². The van der Waals surface area contributed by atoms with E-state index in [4.69, 9.17) is 4.74 Å². The molecule has 2 aromatic rings. The molecule has 1 fully saturated rings. The molecule has 0 saturated carbocycles. The molecule has 1 saturated heterocycles. The van der Waals surface area contributed by atoms with E-state index in [1.54, 1.807) is 6.92 Å². The molecule has 150 valence electrons. The number of benzene rings is 1. The van der Waals surface area contributed by atoms with Crippen LogP contribution in [0.1, 0.15) is 30.1 Å². The number of piperidine rings is 1. The number of anilines is 1. The molecule has 0 spiro atoms. The molecule has 1 amide bonds. The first-order valence-electron chi connectivity index (χ1n) is 8.85. The average molecular weight is 407 g/mol. The summed E-state index contributed by atoms with van der Waals surface area (Å²) in [5.74, 6) is -0.748. The highest BCUT2D eigenvalue weighted by atomic mass is 32.2. The number of aromatic nitrogens is 3. The van der Waals surface area contributed by atoms with Crippen LogP contribution in [0.15, 0.2) is 35.5 Å². The highest BCUT2D eigenvalue weighted by Crippen LogP contribution is 2.25. The Bertz CT molecular complexity index is 919. The molecule has 3 rings (SSSR count). The number of esters is 1. The van der Waals surface area contributed by atoms with Crippen LogP contribution in [0.25, 0.3) is 0 Å². The largest absolute Gasteiger partial charge is 0.462 e. The molecule has 0 atom stereocenters. The van der Waals surface area contributed by atoms with E-state index < -0.39 is 16.0 Å². The minimum atomic E-state index is -3.69. The van der Waals surface area contributed by atoms with Gasteiger partial charge in [-0.05, 0) is 44.0 Å². The normalized spacial score (nSPS) is 15.9. The maximum Gasteiger partial charge on any atom is 0.338 e. The average Bonchev–Trinajstić information content (AvgIpc) is 3.21. The summed E-state index contributed by atoms with van der Waals surface area (Å²) in [6.07, 6.45) is 2.10. The van der Waals surface area contributed by atoms with E-state index in [0.29, 0.717) is 18.4 Å². The summed E-state index contributed by atoms with van der Waals surface area (Å²) in [6, 6.07) is 5.65. The lowest BCUT2D eigenvalue weighted by Gasteiger charge is -2.30. The van der Waals surface area contributed by atoms with Crippen LogP contribution in [0.4, 0.5) is 5.95 Å². The van der Waals surface area contributed by atoms with Gasteiger partial charge < -0.3 is 4.74 Å². The van der Waals surface area contributed by atoms with Gasteiger partial charge in [0, 0.05) is 19.0 Å². The monoisotopic (exact) mass is 407 g/mol. The number of carbonyl (C=O) groups excluding carboxylic acids is 2. The van der Waals surface area contributed by atoms with E-state index in [1.165, 1.54) is 34.9 Å². The smallest absolute Gasteiger partial charge is 0.338 e.